The van der Waals surface area contributed by atoms with Crippen molar-refractivity contribution in [1.82, 2.24) is 15.5 Å². The number of aliphatic hydroxyl groups is 1. The lowest BCUT2D eigenvalue weighted by Gasteiger charge is -2.48. The number of rotatable bonds is 4. The van der Waals surface area contributed by atoms with Gasteiger partial charge in [-0.3, -0.25) is 15.0 Å². The second-order valence-corrected chi connectivity index (χ2v) is 6.76. The zero-order chi connectivity index (χ0) is 15.5. The van der Waals surface area contributed by atoms with E-state index in [-0.39, 0.29) is 24.4 Å². The van der Waals surface area contributed by atoms with Crippen molar-refractivity contribution >= 4 is 11.9 Å². The van der Waals surface area contributed by atoms with E-state index in [2.05, 4.69) is 10.6 Å². The van der Waals surface area contributed by atoms with E-state index in [1.807, 2.05) is 18.7 Å². The predicted octanol–water partition coefficient (Wildman–Crippen LogP) is 0.848. The molecule has 0 aromatic rings. The Morgan fingerprint density at radius 2 is 1.86 bits per heavy atom. The first-order valence-electron chi connectivity index (χ1n) is 7.94. The highest BCUT2D eigenvalue weighted by Gasteiger charge is 2.44. The van der Waals surface area contributed by atoms with E-state index in [0.29, 0.717) is 13.1 Å². The Kier molecular flexibility index (Phi) is 5.22. The standard InChI is InChI=1S/C15H27N3O3/c1-11(2)15(21)9-18(10-15)8-13(19)17-14(20)16-12-6-4-3-5-7-12/h11-12,21H,3-10H2,1-2H3,(H2,16,17,19,20). The van der Waals surface area contributed by atoms with E-state index < -0.39 is 11.6 Å². The molecule has 0 spiro atoms. The van der Waals surface area contributed by atoms with Crippen LogP contribution in [0.3, 0.4) is 0 Å². The maximum absolute atomic E-state index is 11.8. The number of hydrogen-bond acceptors (Lipinski definition) is 4. The molecule has 3 amide bonds. The van der Waals surface area contributed by atoms with Crippen LogP contribution in [0, 0.1) is 5.92 Å². The summed E-state index contributed by atoms with van der Waals surface area (Å²) in [5.41, 5.74) is -0.690. The maximum Gasteiger partial charge on any atom is 0.321 e. The van der Waals surface area contributed by atoms with E-state index in [9.17, 15) is 14.7 Å². The first-order chi connectivity index (χ1) is 9.89. The van der Waals surface area contributed by atoms with E-state index in [0.717, 1.165) is 25.7 Å². The van der Waals surface area contributed by atoms with Crippen LogP contribution < -0.4 is 10.6 Å². The summed E-state index contributed by atoms with van der Waals surface area (Å²) in [7, 11) is 0. The summed E-state index contributed by atoms with van der Waals surface area (Å²) in [5, 5.41) is 15.3. The highest BCUT2D eigenvalue weighted by molar-refractivity contribution is 5.95. The fourth-order valence-corrected chi connectivity index (χ4v) is 3.04. The molecule has 1 saturated heterocycles. The van der Waals surface area contributed by atoms with Gasteiger partial charge < -0.3 is 10.4 Å². The van der Waals surface area contributed by atoms with Crippen LogP contribution in [0.1, 0.15) is 46.0 Å². The van der Waals surface area contributed by atoms with Crippen molar-refractivity contribution < 1.29 is 14.7 Å². The minimum Gasteiger partial charge on any atom is -0.387 e. The molecule has 1 aliphatic heterocycles. The van der Waals surface area contributed by atoms with Crippen LogP contribution in [-0.4, -0.2) is 53.2 Å². The Hall–Kier alpha value is -1.14. The van der Waals surface area contributed by atoms with Gasteiger partial charge in [0.1, 0.15) is 0 Å². The monoisotopic (exact) mass is 297 g/mol. The predicted molar refractivity (Wildman–Crippen MR) is 79.8 cm³/mol. The van der Waals surface area contributed by atoms with Crippen molar-refractivity contribution in [3.63, 3.8) is 0 Å². The molecule has 1 saturated carbocycles. The minimum absolute atomic E-state index is 0.160. The van der Waals surface area contributed by atoms with Gasteiger partial charge in [0.15, 0.2) is 0 Å². The molecule has 0 atom stereocenters. The second kappa shape index (κ2) is 6.75. The van der Waals surface area contributed by atoms with Crippen molar-refractivity contribution in [3.05, 3.63) is 0 Å². The van der Waals surface area contributed by atoms with Gasteiger partial charge in [0.2, 0.25) is 5.91 Å². The number of carbonyl (C=O) groups is 2. The molecule has 120 valence electrons. The molecule has 3 N–H and O–H groups in total. The van der Waals surface area contributed by atoms with Gasteiger partial charge in [0, 0.05) is 19.1 Å². The van der Waals surface area contributed by atoms with Crippen molar-refractivity contribution in [2.45, 2.75) is 57.6 Å². The van der Waals surface area contributed by atoms with E-state index in [4.69, 9.17) is 0 Å². The second-order valence-electron chi connectivity index (χ2n) is 6.76. The van der Waals surface area contributed by atoms with Crippen LogP contribution in [-0.2, 0) is 4.79 Å². The van der Waals surface area contributed by atoms with Crippen LogP contribution >= 0.6 is 0 Å². The molecule has 0 aromatic carbocycles. The zero-order valence-corrected chi connectivity index (χ0v) is 13.0. The van der Waals surface area contributed by atoms with Crippen molar-refractivity contribution in [2.24, 2.45) is 5.92 Å². The van der Waals surface area contributed by atoms with E-state index >= 15 is 0 Å². The molecule has 2 aliphatic rings. The van der Waals surface area contributed by atoms with Gasteiger partial charge in [-0.15, -0.1) is 0 Å². The smallest absolute Gasteiger partial charge is 0.321 e. The average Bonchev–Trinajstić information content (AvgIpc) is 2.37. The quantitative estimate of drug-likeness (QED) is 0.718. The fourth-order valence-electron chi connectivity index (χ4n) is 3.04. The van der Waals surface area contributed by atoms with E-state index in [1.54, 1.807) is 0 Å². The first-order valence-corrected chi connectivity index (χ1v) is 7.94. The third kappa shape index (κ3) is 4.41. The molecule has 0 unspecified atom stereocenters. The molecule has 2 rings (SSSR count). The molecule has 0 aromatic heterocycles. The molecule has 1 aliphatic carbocycles. The number of β-amino-alcohol motifs (C(OH)–C–C–N with tert-alkyl or cyclic N) is 1. The maximum atomic E-state index is 11.8. The summed E-state index contributed by atoms with van der Waals surface area (Å²) in [6.07, 6.45) is 5.50. The lowest BCUT2D eigenvalue weighted by Crippen LogP contribution is -2.66. The third-order valence-electron chi connectivity index (χ3n) is 4.63. The molecule has 0 bridgehead atoms. The number of imide groups is 1. The number of hydrogen-bond donors (Lipinski definition) is 3. The molecule has 2 fully saturated rings. The Labute approximate surface area is 126 Å². The number of nitrogens with one attached hydrogen (secondary N) is 2. The van der Waals surface area contributed by atoms with Crippen molar-refractivity contribution in [1.29, 1.82) is 0 Å². The largest absolute Gasteiger partial charge is 0.387 e. The average molecular weight is 297 g/mol. The lowest BCUT2D eigenvalue weighted by molar-refractivity contribution is -0.141. The number of carbonyl (C=O) groups excluding carboxylic acids is 2. The number of urea groups is 1. The van der Waals surface area contributed by atoms with E-state index in [1.165, 1.54) is 6.42 Å². The summed E-state index contributed by atoms with van der Waals surface area (Å²) in [6, 6.07) is -0.201. The SMILES string of the molecule is CC(C)C1(O)CN(CC(=O)NC(=O)NC2CCCCC2)C1. The Balaban J connectivity index is 1.64. The van der Waals surface area contributed by atoms with Gasteiger partial charge in [0.05, 0.1) is 12.1 Å². The molecule has 0 radical (unpaired) electrons. The molecular weight excluding hydrogens is 270 g/mol. The highest BCUT2D eigenvalue weighted by atomic mass is 16.3. The van der Waals surface area contributed by atoms with Gasteiger partial charge in [-0.25, -0.2) is 4.79 Å². The van der Waals surface area contributed by atoms with Crippen LogP contribution in [0.25, 0.3) is 0 Å². The normalized spacial score (nSPS) is 22.7. The molecule has 6 nitrogen and oxygen atoms in total. The molecular formula is C15H27N3O3. The molecule has 21 heavy (non-hydrogen) atoms. The summed E-state index contributed by atoms with van der Waals surface area (Å²) in [5.74, 6) is -0.138. The third-order valence-corrected chi connectivity index (χ3v) is 4.63. The van der Waals surface area contributed by atoms with Crippen molar-refractivity contribution in [2.75, 3.05) is 19.6 Å². The van der Waals surface area contributed by atoms with Crippen LogP contribution in [0.4, 0.5) is 4.79 Å². The summed E-state index contributed by atoms with van der Waals surface area (Å²) < 4.78 is 0. The minimum atomic E-state index is -0.690. The van der Waals surface area contributed by atoms with Gasteiger partial charge >= 0.3 is 6.03 Å². The number of likely N-dealkylation sites (tertiary alicyclic amines) is 1. The highest BCUT2D eigenvalue weighted by Crippen LogP contribution is 2.27. The van der Waals surface area contributed by atoms with Gasteiger partial charge in [-0.05, 0) is 18.8 Å². The Morgan fingerprint density at radius 1 is 1.24 bits per heavy atom. The van der Waals surface area contributed by atoms with Crippen LogP contribution in [0.2, 0.25) is 0 Å². The molecule has 1 heterocycles. The first kappa shape index (κ1) is 16.2. The van der Waals surface area contributed by atoms with Gasteiger partial charge in [-0.2, -0.15) is 0 Å². The lowest BCUT2D eigenvalue weighted by atomic mass is 9.83. The Morgan fingerprint density at radius 3 is 2.43 bits per heavy atom. The fraction of sp³-hybridized carbons (Fsp3) is 0.867. The van der Waals surface area contributed by atoms with Crippen LogP contribution in [0.5, 0.6) is 0 Å². The Bertz CT molecular complexity index is 386. The van der Waals surface area contributed by atoms with Crippen molar-refractivity contribution in [3.8, 4) is 0 Å². The summed E-state index contributed by atoms with van der Waals surface area (Å²) in [6.45, 7) is 5.07. The topological polar surface area (TPSA) is 81.7 Å². The van der Waals surface area contributed by atoms with Gasteiger partial charge in [-0.1, -0.05) is 33.1 Å². The summed E-state index contributed by atoms with van der Waals surface area (Å²) >= 11 is 0. The number of amides is 3. The zero-order valence-electron chi connectivity index (χ0n) is 13.0. The summed E-state index contributed by atoms with van der Waals surface area (Å²) in [4.78, 5) is 25.4. The van der Waals surface area contributed by atoms with Crippen LogP contribution in [0.15, 0.2) is 0 Å². The molecule has 6 heteroatoms. The number of nitrogens with zero attached hydrogens (tertiary/aromatic N) is 1. The van der Waals surface area contributed by atoms with Gasteiger partial charge in [0.25, 0.3) is 0 Å².